The second kappa shape index (κ2) is 12.7. The predicted molar refractivity (Wildman–Crippen MR) is 175 cm³/mol. The van der Waals surface area contributed by atoms with Crippen molar-refractivity contribution < 1.29 is 31.2 Å². The smallest absolute Gasteiger partial charge is 0.392 e. The number of alkyl halides is 3. The molecule has 2 aromatic carbocycles. The van der Waals surface area contributed by atoms with Crippen LogP contribution < -0.4 is 5.32 Å². The van der Waals surface area contributed by atoms with Gasteiger partial charge in [0, 0.05) is 49.0 Å². The number of fused-ring (bicyclic) bond motifs is 1. The zero-order valence-electron chi connectivity index (χ0n) is 26.0. The quantitative estimate of drug-likeness (QED) is 0.203. The van der Waals surface area contributed by atoms with E-state index in [1.54, 1.807) is 31.2 Å². The number of aromatic nitrogens is 5. The molecule has 0 aliphatic carbocycles. The van der Waals surface area contributed by atoms with E-state index in [0.29, 0.717) is 49.2 Å². The first-order valence-electron chi connectivity index (χ1n) is 15.4. The van der Waals surface area contributed by atoms with Gasteiger partial charge in [-0.3, -0.25) is 4.90 Å². The molecule has 4 aromatic heterocycles. The molecule has 2 atom stereocenters. The fraction of sp³-hybridized carbons (Fsp3) is 0.235. The molecule has 0 spiro atoms. The van der Waals surface area contributed by atoms with E-state index in [0.717, 1.165) is 15.7 Å². The minimum atomic E-state index is -4.87. The van der Waals surface area contributed by atoms with E-state index in [1.807, 2.05) is 30.3 Å². The lowest BCUT2D eigenvalue weighted by Crippen LogP contribution is -2.48. The number of nitrogens with one attached hydrogen (secondary N) is 1. The topological polar surface area (TPSA) is 139 Å². The number of benzene rings is 2. The maximum Gasteiger partial charge on any atom is 0.419 e. The Morgan fingerprint density at radius 1 is 0.980 bits per heavy atom. The number of aliphatic hydroxyl groups excluding tert-OH is 1. The van der Waals surface area contributed by atoms with Gasteiger partial charge in [0.05, 0.1) is 33.6 Å². The van der Waals surface area contributed by atoms with Gasteiger partial charge in [-0.2, -0.15) is 13.2 Å². The second-order valence-corrected chi connectivity index (χ2v) is 13.7. The van der Waals surface area contributed by atoms with Crippen LogP contribution >= 0.6 is 0 Å². The minimum absolute atomic E-state index is 0.0798. The summed E-state index contributed by atoms with van der Waals surface area (Å²) in [6.07, 6.45) is -2.08. The summed E-state index contributed by atoms with van der Waals surface area (Å²) in [5.41, 5.74) is 0.477. The Bertz CT molecular complexity index is 2230. The van der Waals surface area contributed by atoms with Crippen molar-refractivity contribution in [2.45, 2.75) is 43.1 Å². The van der Waals surface area contributed by atoms with Gasteiger partial charge in [-0.25, -0.2) is 27.3 Å². The van der Waals surface area contributed by atoms with Crippen LogP contribution in [0.3, 0.4) is 0 Å². The molecule has 0 saturated carbocycles. The maximum atomic E-state index is 14.5. The van der Waals surface area contributed by atoms with Gasteiger partial charge >= 0.3 is 6.18 Å². The Balaban J connectivity index is 1.33. The predicted octanol–water partition coefficient (Wildman–Crippen LogP) is 5.76. The minimum Gasteiger partial charge on any atom is -0.392 e. The molecule has 1 aliphatic rings. The van der Waals surface area contributed by atoms with E-state index in [2.05, 4.69) is 30.3 Å². The first kappa shape index (κ1) is 32.4. The van der Waals surface area contributed by atoms with Crippen molar-refractivity contribution in [3.63, 3.8) is 0 Å². The SMILES string of the molecule is Cc1nocc1-c1ccc2c(-c3nc(N[C@H]4C[C@@H](O)CN(Cc5ccccc5)C4)ncc3C(F)(F)F)cn(S(=O)(=O)c3ccccc3)c2n1. The molecule has 0 radical (unpaired) electrons. The molecule has 0 amide bonds. The lowest BCUT2D eigenvalue weighted by atomic mass is 10.0. The largest absolute Gasteiger partial charge is 0.419 e. The first-order chi connectivity index (χ1) is 23.5. The van der Waals surface area contributed by atoms with Crippen LogP contribution in [0.2, 0.25) is 0 Å². The van der Waals surface area contributed by atoms with E-state index in [9.17, 15) is 26.7 Å². The summed E-state index contributed by atoms with van der Waals surface area (Å²) in [4.78, 5) is 14.9. The van der Waals surface area contributed by atoms with Gasteiger partial charge in [-0.1, -0.05) is 53.7 Å². The number of aliphatic hydroxyl groups is 1. The molecule has 1 aliphatic heterocycles. The van der Waals surface area contributed by atoms with Crippen LogP contribution in [0.5, 0.6) is 0 Å². The van der Waals surface area contributed by atoms with Crippen molar-refractivity contribution in [3.8, 4) is 22.5 Å². The zero-order valence-corrected chi connectivity index (χ0v) is 26.9. The van der Waals surface area contributed by atoms with Crippen LogP contribution in [-0.2, 0) is 22.7 Å². The van der Waals surface area contributed by atoms with Gasteiger partial charge in [0.1, 0.15) is 11.8 Å². The van der Waals surface area contributed by atoms with Gasteiger partial charge in [-0.05, 0) is 43.2 Å². The molecule has 1 fully saturated rings. The Hall–Kier alpha value is -5.12. The Labute approximate surface area is 279 Å². The standard InChI is InChI=1S/C34H30F3N7O4S/c1-21-28(20-48-42-21)30-13-12-26-27(19-44(32(26)40-30)49(46,47)25-10-6-3-7-11-25)31-29(34(35,36)37)15-38-33(41-31)39-23-14-24(45)18-43(17-23)16-22-8-4-2-5-9-22/h2-13,15,19-20,23-24,45H,14,16-18H2,1H3,(H,38,39,41)/t23-,24+/m0/s1. The van der Waals surface area contributed by atoms with Crippen molar-refractivity contribution in [1.29, 1.82) is 0 Å². The normalized spacial score (nSPS) is 17.4. The molecule has 15 heteroatoms. The molecule has 1 saturated heterocycles. The molecular weight excluding hydrogens is 659 g/mol. The zero-order chi connectivity index (χ0) is 34.3. The van der Waals surface area contributed by atoms with Gasteiger partial charge in [0.15, 0.2) is 5.65 Å². The van der Waals surface area contributed by atoms with Gasteiger partial charge < -0.3 is 14.9 Å². The van der Waals surface area contributed by atoms with E-state index < -0.39 is 33.6 Å². The molecule has 252 valence electrons. The van der Waals surface area contributed by atoms with E-state index in [-0.39, 0.29) is 33.5 Å². The lowest BCUT2D eigenvalue weighted by Gasteiger charge is -2.36. The monoisotopic (exact) mass is 689 g/mol. The number of halogens is 3. The molecule has 0 bridgehead atoms. The Morgan fingerprint density at radius 3 is 2.41 bits per heavy atom. The summed E-state index contributed by atoms with van der Waals surface area (Å²) >= 11 is 0. The molecular formula is C34H30F3N7O4S. The Kier molecular flexibility index (Phi) is 8.42. The van der Waals surface area contributed by atoms with Crippen LogP contribution in [-0.4, -0.2) is 67.7 Å². The lowest BCUT2D eigenvalue weighted by molar-refractivity contribution is -0.137. The summed E-state index contributed by atoms with van der Waals surface area (Å²) < 4.78 is 77.4. The molecule has 49 heavy (non-hydrogen) atoms. The van der Waals surface area contributed by atoms with E-state index in [1.165, 1.54) is 24.5 Å². The molecule has 7 rings (SSSR count). The fourth-order valence-corrected chi connectivity index (χ4v) is 7.46. The summed E-state index contributed by atoms with van der Waals surface area (Å²) in [7, 11) is -4.33. The van der Waals surface area contributed by atoms with Gasteiger partial charge in [-0.15, -0.1) is 0 Å². The number of piperidine rings is 1. The Morgan fingerprint density at radius 2 is 1.71 bits per heavy atom. The van der Waals surface area contributed by atoms with E-state index >= 15 is 0 Å². The highest BCUT2D eigenvalue weighted by Gasteiger charge is 2.37. The molecule has 6 aromatic rings. The highest BCUT2D eigenvalue weighted by atomic mass is 32.2. The van der Waals surface area contributed by atoms with Crippen LogP contribution in [0.25, 0.3) is 33.5 Å². The number of hydrogen-bond donors (Lipinski definition) is 2. The highest BCUT2D eigenvalue weighted by molar-refractivity contribution is 7.90. The van der Waals surface area contributed by atoms with Crippen LogP contribution in [0, 0.1) is 6.92 Å². The first-order valence-corrected chi connectivity index (χ1v) is 16.8. The van der Waals surface area contributed by atoms with Gasteiger partial charge in [0.25, 0.3) is 10.0 Å². The highest BCUT2D eigenvalue weighted by Crippen LogP contribution is 2.40. The number of anilines is 1. The second-order valence-electron chi connectivity index (χ2n) is 11.9. The van der Waals surface area contributed by atoms with Crippen molar-refractivity contribution in [3.05, 3.63) is 108 Å². The molecule has 11 nitrogen and oxygen atoms in total. The third kappa shape index (κ3) is 6.51. The van der Waals surface area contributed by atoms with Crippen LogP contribution in [0.4, 0.5) is 19.1 Å². The molecule has 2 N–H and O–H groups in total. The number of hydrogen-bond acceptors (Lipinski definition) is 10. The van der Waals surface area contributed by atoms with Crippen molar-refractivity contribution in [2.24, 2.45) is 0 Å². The van der Waals surface area contributed by atoms with E-state index in [4.69, 9.17) is 4.52 Å². The summed E-state index contributed by atoms with van der Waals surface area (Å²) in [6, 6.07) is 19.9. The number of β-amino-alcohol motifs (C(OH)–C–C–N with tert-alkyl or cyclic N) is 1. The maximum absolute atomic E-state index is 14.5. The third-order valence-electron chi connectivity index (χ3n) is 8.38. The van der Waals surface area contributed by atoms with Crippen molar-refractivity contribution in [2.75, 3.05) is 18.4 Å². The number of pyridine rings is 1. The average molecular weight is 690 g/mol. The van der Waals surface area contributed by atoms with Gasteiger partial charge in [0.2, 0.25) is 5.95 Å². The average Bonchev–Trinajstić information content (AvgIpc) is 3.68. The molecule has 0 unspecified atom stereocenters. The van der Waals surface area contributed by atoms with Crippen molar-refractivity contribution >= 4 is 27.0 Å². The van der Waals surface area contributed by atoms with Crippen molar-refractivity contribution in [1.82, 2.24) is 29.0 Å². The van der Waals surface area contributed by atoms with Crippen LogP contribution in [0.15, 0.2) is 101 Å². The number of rotatable bonds is 8. The third-order valence-corrected chi connectivity index (χ3v) is 10.0. The fourth-order valence-electron chi connectivity index (χ4n) is 6.12. The summed E-state index contributed by atoms with van der Waals surface area (Å²) in [5, 5.41) is 17.7. The summed E-state index contributed by atoms with van der Waals surface area (Å²) in [5.74, 6) is -0.0988. The number of nitrogens with zero attached hydrogens (tertiary/aromatic N) is 6. The number of aryl methyl sites for hydroxylation is 1. The summed E-state index contributed by atoms with van der Waals surface area (Å²) in [6.45, 7) is 3.18. The molecule has 5 heterocycles. The number of likely N-dealkylation sites (tertiary alicyclic amines) is 1. The van der Waals surface area contributed by atoms with Crippen LogP contribution in [0.1, 0.15) is 23.2 Å².